The molecule has 0 aliphatic carbocycles. The number of nitrogens with two attached hydrogens (primary N) is 1. The summed E-state index contributed by atoms with van der Waals surface area (Å²) >= 11 is 0. The molecule has 0 saturated carbocycles. The Morgan fingerprint density at radius 1 is 1.30 bits per heavy atom. The van der Waals surface area contributed by atoms with Gasteiger partial charge in [0.25, 0.3) is 0 Å². The molecule has 1 saturated heterocycles. The minimum absolute atomic E-state index is 0.204. The first kappa shape index (κ1) is 15.3. The zero-order valence-electron chi connectivity index (χ0n) is 12.1. The summed E-state index contributed by atoms with van der Waals surface area (Å²) in [5.74, 6) is 0.427. The van der Waals surface area contributed by atoms with Crippen LogP contribution in [0, 0.1) is 5.92 Å². The Hall–Kier alpha value is -1.11. The highest BCUT2D eigenvalue weighted by atomic mass is 32.2. The van der Waals surface area contributed by atoms with Crippen molar-refractivity contribution in [2.75, 3.05) is 39.5 Å². The van der Waals surface area contributed by atoms with Gasteiger partial charge in [-0.25, -0.2) is 12.7 Å². The average molecular weight is 297 g/mol. The molecule has 0 unspecified atom stereocenters. The average Bonchev–Trinajstić information content (AvgIpc) is 2.41. The summed E-state index contributed by atoms with van der Waals surface area (Å²) in [5.41, 5.74) is 6.09. The maximum Gasteiger partial charge on any atom is 0.244 e. The van der Waals surface area contributed by atoms with E-state index in [9.17, 15) is 8.42 Å². The van der Waals surface area contributed by atoms with E-state index in [1.54, 1.807) is 31.3 Å². The summed E-state index contributed by atoms with van der Waals surface area (Å²) in [7, 11) is 0.250. The predicted molar refractivity (Wildman–Crippen MR) is 80.9 cm³/mol. The van der Waals surface area contributed by atoms with E-state index >= 15 is 0 Å². The number of benzene rings is 1. The van der Waals surface area contributed by atoms with Crippen LogP contribution >= 0.6 is 0 Å². The summed E-state index contributed by atoms with van der Waals surface area (Å²) in [4.78, 5) is 2.48. The third-order valence-corrected chi connectivity index (χ3v) is 5.86. The summed E-state index contributed by atoms with van der Waals surface area (Å²) < 4.78 is 26.5. The standard InChI is InChI=1S/C14H23N3O2S/c1-16-9-7-12(8-10-16)11-17(2)20(18,19)14-6-4-3-5-13(14)15/h3-6,12H,7-11,15H2,1-2H3. The molecule has 0 aromatic heterocycles. The van der Waals surface area contributed by atoms with Crippen LogP contribution in [0.1, 0.15) is 12.8 Å². The van der Waals surface area contributed by atoms with Gasteiger partial charge in [-0.2, -0.15) is 0 Å². The summed E-state index contributed by atoms with van der Waals surface area (Å²) in [6.07, 6.45) is 2.08. The first-order valence-corrected chi connectivity index (χ1v) is 8.34. The van der Waals surface area contributed by atoms with Crippen LogP contribution < -0.4 is 5.73 Å². The molecule has 2 N–H and O–H groups in total. The van der Waals surface area contributed by atoms with Crippen molar-refractivity contribution >= 4 is 15.7 Å². The molecule has 0 atom stereocenters. The smallest absolute Gasteiger partial charge is 0.244 e. The quantitative estimate of drug-likeness (QED) is 0.849. The third-order valence-electron chi connectivity index (χ3n) is 3.96. The van der Waals surface area contributed by atoms with E-state index in [1.807, 2.05) is 0 Å². The minimum Gasteiger partial charge on any atom is -0.398 e. The van der Waals surface area contributed by atoms with Crippen LogP contribution in [0.4, 0.5) is 5.69 Å². The highest BCUT2D eigenvalue weighted by Gasteiger charge is 2.26. The van der Waals surface area contributed by atoms with Crippen LogP contribution in [0.3, 0.4) is 0 Å². The Balaban J connectivity index is 2.08. The maximum atomic E-state index is 12.5. The number of nitrogen functional groups attached to an aromatic ring is 1. The van der Waals surface area contributed by atoms with Gasteiger partial charge in [0.05, 0.1) is 5.69 Å². The number of sulfonamides is 1. The SMILES string of the molecule is CN1CCC(CN(C)S(=O)(=O)c2ccccc2N)CC1. The number of rotatable bonds is 4. The molecule has 0 amide bonds. The Morgan fingerprint density at radius 3 is 2.50 bits per heavy atom. The summed E-state index contributed by atoms with van der Waals surface area (Å²) in [6.45, 7) is 2.63. The van der Waals surface area contributed by atoms with Crippen LogP contribution in [0.5, 0.6) is 0 Å². The van der Waals surface area contributed by atoms with Gasteiger partial charge >= 0.3 is 0 Å². The monoisotopic (exact) mass is 297 g/mol. The number of para-hydroxylation sites is 1. The zero-order chi connectivity index (χ0) is 14.8. The van der Waals surface area contributed by atoms with Crippen LogP contribution in [-0.4, -0.2) is 51.4 Å². The first-order valence-electron chi connectivity index (χ1n) is 6.90. The van der Waals surface area contributed by atoms with E-state index in [-0.39, 0.29) is 4.90 Å². The molecule has 0 bridgehead atoms. The summed E-state index contributed by atoms with van der Waals surface area (Å²) in [5, 5.41) is 0. The maximum absolute atomic E-state index is 12.5. The second kappa shape index (κ2) is 6.11. The Bertz CT molecular complexity index is 551. The molecule has 112 valence electrons. The number of nitrogens with zero attached hydrogens (tertiary/aromatic N) is 2. The third kappa shape index (κ3) is 3.31. The molecular weight excluding hydrogens is 274 g/mol. The molecule has 1 aliphatic heterocycles. The van der Waals surface area contributed by atoms with Gasteiger partial charge in [0.15, 0.2) is 0 Å². The highest BCUT2D eigenvalue weighted by Crippen LogP contribution is 2.24. The Kier molecular flexibility index (Phi) is 4.67. The molecule has 0 spiro atoms. The highest BCUT2D eigenvalue weighted by molar-refractivity contribution is 7.89. The lowest BCUT2D eigenvalue weighted by Crippen LogP contribution is -2.38. The van der Waals surface area contributed by atoms with Gasteiger partial charge in [-0.05, 0) is 51.0 Å². The molecule has 6 heteroatoms. The van der Waals surface area contributed by atoms with Crippen molar-refractivity contribution in [2.24, 2.45) is 5.92 Å². The van der Waals surface area contributed by atoms with Crippen molar-refractivity contribution < 1.29 is 8.42 Å². The second-order valence-electron chi connectivity index (χ2n) is 5.57. The lowest BCUT2D eigenvalue weighted by atomic mass is 9.97. The number of hydrogen-bond acceptors (Lipinski definition) is 4. The van der Waals surface area contributed by atoms with E-state index in [2.05, 4.69) is 11.9 Å². The lowest BCUT2D eigenvalue weighted by Gasteiger charge is -2.31. The lowest BCUT2D eigenvalue weighted by molar-refractivity contribution is 0.202. The minimum atomic E-state index is -3.49. The van der Waals surface area contributed by atoms with Crippen LogP contribution in [0.15, 0.2) is 29.2 Å². The van der Waals surface area contributed by atoms with E-state index in [0.29, 0.717) is 18.2 Å². The number of piperidine rings is 1. The Morgan fingerprint density at radius 2 is 1.90 bits per heavy atom. The zero-order valence-corrected chi connectivity index (χ0v) is 12.9. The van der Waals surface area contributed by atoms with E-state index < -0.39 is 10.0 Å². The summed E-state index contributed by atoms with van der Waals surface area (Å²) in [6, 6.07) is 6.63. The number of hydrogen-bond donors (Lipinski definition) is 1. The largest absolute Gasteiger partial charge is 0.398 e. The second-order valence-corrected chi connectivity index (χ2v) is 7.58. The van der Waals surface area contributed by atoms with E-state index in [1.165, 1.54) is 4.31 Å². The van der Waals surface area contributed by atoms with Crippen molar-refractivity contribution in [3.63, 3.8) is 0 Å². The van der Waals surface area contributed by atoms with Crippen LogP contribution in [0.2, 0.25) is 0 Å². The van der Waals surface area contributed by atoms with Gasteiger partial charge in [0, 0.05) is 13.6 Å². The molecule has 1 aliphatic rings. The first-order chi connectivity index (χ1) is 9.41. The number of likely N-dealkylation sites (tertiary alicyclic amines) is 1. The van der Waals surface area contributed by atoms with Crippen molar-refractivity contribution in [1.82, 2.24) is 9.21 Å². The fourth-order valence-corrected chi connectivity index (χ4v) is 3.95. The predicted octanol–water partition coefficient (Wildman–Crippen LogP) is 1.23. The molecule has 1 fully saturated rings. The molecule has 2 rings (SSSR count). The van der Waals surface area contributed by atoms with Crippen LogP contribution in [0.25, 0.3) is 0 Å². The fraction of sp³-hybridized carbons (Fsp3) is 0.571. The fourth-order valence-electron chi connectivity index (χ4n) is 2.59. The van der Waals surface area contributed by atoms with Crippen LogP contribution in [-0.2, 0) is 10.0 Å². The van der Waals surface area contributed by atoms with Gasteiger partial charge in [-0.3, -0.25) is 0 Å². The van der Waals surface area contributed by atoms with E-state index in [0.717, 1.165) is 25.9 Å². The molecule has 5 nitrogen and oxygen atoms in total. The molecular formula is C14H23N3O2S. The van der Waals surface area contributed by atoms with Gasteiger partial charge in [0.1, 0.15) is 4.90 Å². The van der Waals surface area contributed by atoms with Crippen molar-refractivity contribution in [3.8, 4) is 0 Å². The van der Waals surface area contributed by atoms with Gasteiger partial charge in [0.2, 0.25) is 10.0 Å². The topological polar surface area (TPSA) is 66.6 Å². The molecule has 20 heavy (non-hydrogen) atoms. The molecule has 1 aromatic rings. The van der Waals surface area contributed by atoms with Crippen molar-refractivity contribution in [2.45, 2.75) is 17.7 Å². The molecule has 0 radical (unpaired) electrons. The molecule has 1 aromatic carbocycles. The van der Waals surface area contributed by atoms with Gasteiger partial charge < -0.3 is 10.6 Å². The Labute approximate surface area is 121 Å². The van der Waals surface area contributed by atoms with Crippen molar-refractivity contribution in [1.29, 1.82) is 0 Å². The van der Waals surface area contributed by atoms with E-state index in [4.69, 9.17) is 5.73 Å². The normalized spacial score (nSPS) is 18.6. The van der Waals surface area contributed by atoms with Gasteiger partial charge in [-0.15, -0.1) is 0 Å². The molecule has 1 heterocycles. The van der Waals surface area contributed by atoms with Crippen molar-refractivity contribution in [3.05, 3.63) is 24.3 Å². The number of anilines is 1. The van der Waals surface area contributed by atoms with Gasteiger partial charge in [-0.1, -0.05) is 12.1 Å².